The minimum absolute atomic E-state index is 0.00441. The molecule has 3 aromatic heterocycles. The van der Waals surface area contributed by atoms with Crippen LogP contribution in [0.25, 0.3) is 11.3 Å². The van der Waals surface area contributed by atoms with E-state index in [1.165, 1.54) is 11.3 Å². The van der Waals surface area contributed by atoms with Gasteiger partial charge in [0.15, 0.2) is 0 Å². The van der Waals surface area contributed by atoms with Gasteiger partial charge >= 0.3 is 0 Å². The lowest BCUT2D eigenvalue weighted by Gasteiger charge is -2.31. The van der Waals surface area contributed by atoms with Crippen molar-refractivity contribution in [2.24, 2.45) is 5.92 Å². The Morgan fingerprint density at radius 3 is 2.63 bits per heavy atom. The van der Waals surface area contributed by atoms with Gasteiger partial charge < -0.3 is 4.90 Å². The van der Waals surface area contributed by atoms with Crippen LogP contribution in [-0.2, 0) is 6.54 Å². The molecule has 1 fully saturated rings. The average Bonchev–Trinajstić information content (AvgIpc) is 3.25. The Bertz CT molecular complexity index is 963. The maximum atomic E-state index is 12.5. The van der Waals surface area contributed by atoms with Crippen molar-refractivity contribution in [3.8, 4) is 11.3 Å². The summed E-state index contributed by atoms with van der Waals surface area (Å²) in [5.74, 6) is 0.353. The summed E-state index contributed by atoms with van der Waals surface area (Å²) in [5.41, 5.74) is 3.67. The van der Waals surface area contributed by atoms with Crippen molar-refractivity contribution in [2.45, 2.75) is 19.4 Å². The van der Waals surface area contributed by atoms with Crippen molar-refractivity contribution in [1.29, 1.82) is 0 Å². The number of hydrogen-bond donors (Lipinski definition) is 0. The number of hydrogen-bond acceptors (Lipinski definition) is 6. The Labute approximate surface area is 160 Å². The van der Waals surface area contributed by atoms with Crippen LogP contribution in [0.15, 0.2) is 52.6 Å². The molecule has 1 aliphatic rings. The van der Waals surface area contributed by atoms with Crippen LogP contribution in [0.5, 0.6) is 0 Å². The zero-order valence-corrected chi connectivity index (χ0v) is 15.5. The summed E-state index contributed by atoms with van der Waals surface area (Å²) in [6.45, 7) is 2.01. The SMILES string of the molecule is O=C(c1cscn1)N1CCC(Cn2cnc(-c3ccncc3)cc2=O)CC1. The molecule has 0 saturated carbocycles. The standard InChI is InChI=1S/C19H19N5O2S/c25-18-9-16(15-1-5-20-6-2-15)21-12-24(18)10-14-3-7-23(8-4-14)19(26)17-11-27-13-22-17/h1-2,5-6,9,11-14H,3-4,7-8,10H2. The van der Waals surface area contributed by atoms with E-state index in [0.717, 1.165) is 18.4 Å². The molecule has 1 saturated heterocycles. The van der Waals surface area contributed by atoms with Gasteiger partial charge in [-0.1, -0.05) is 0 Å². The van der Waals surface area contributed by atoms with Crippen LogP contribution in [-0.4, -0.2) is 43.4 Å². The molecule has 4 rings (SSSR count). The molecule has 4 heterocycles. The normalized spacial score (nSPS) is 15.0. The summed E-state index contributed by atoms with van der Waals surface area (Å²) in [6.07, 6.45) is 6.72. The van der Waals surface area contributed by atoms with Crippen molar-refractivity contribution in [3.63, 3.8) is 0 Å². The predicted octanol–water partition coefficient (Wildman–Crippen LogP) is 2.31. The Morgan fingerprint density at radius 1 is 1.19 bits per heavy atom. The molecule has 0 bridgehead atoms. The monoisotopic (exact) mass is 381 g/mol. The second-order valence-corrected chi connectivity index (χ2v) is 7.33. The highest BCUT2D eigenvalue weighted by Gasteiger charge is 2.25. The molecule has 0 atom stereocenters. The number of nitrogens with zero attached hydrogens (tertiary/aromatic N) is 5. The van der Waals surface area contributed by atoms with E-state index in [2.05, 4.69) is 15.0 Å². The van der Waals surface area contributed by atoms with E-state index in [4.69, 9.17) is 0 Å². The van der Waals surface area contributed by atoms with Gasteiger partial charge in [0, 0.05) is 49.0 Å². The summed E-state index contributed by atoms with van der Waals surface area (Å²) >= 11 is 1.43. The maximum absolute atomic E-state index is 12.5. The molecule has 0 radical (unpaired) electrons. The average molecular weight is 381 g/mol. The molecular weight excluding hydrogens is 362 g/mol. The summed E-state index contributed by atoms with van der Waals surface area (Å²) < 4.78 is 1.66. The minimum atomic E-state index is -0.0576. The summed E-state index contributed by atoms with van der Waals surface area (Å²) in [6, 6.07) is 5.23. The molecule has 0 aliphatic carbocycles. The number of amides is 1. The Balaban J connectivity index is 1.38. The smallest absolute Gasteiger partial charge is 0.273 e. The molecule has 0 spiro atoms. The van der Waals surface area contributed by atoms with Crippen LogP contribution in [0.2, 0.25) is 0 Å². The van der Waals surface area contributed by atoms with Gasteiger partial charge in [-0.3, -0.25) is 19.1 Å². The lowest BCUT2D eigenvalue weighted by molar-refractivity contribution is 0.0677. The van der Waals surface area contributed by atoms with E-state index in [1.807, 2.05) is 17.0 Å². The lowest BCUT2D eigenvalue weighted by Crippen LogP contribution is -2.40. The fraction of sp³-hybridized carbons (Fsp3) is 0.316. The first-order valence-corrected chi connectivity index (χ1v) is 9.79. The fourth-order valence-electron chi connectivity index (χ4n) is 3.32. The lowest BCUT2D eigenvalue weighted by atomic mass is 9.96. The number of carbonyl (C=O) groups is 1. The van der Waals surface area contributed by atoms with Crippen LogP contribution >= 0.6 is 11.3 Å². The number of thiazole rings is 1. The molecule has 1 amide bonds. The molecule has 0 aromatic carbocycles. The fourth-order valence-corrected chi connectivity index (χ4v) is 3.85. The van der Waals surface area contributed by atoms with E-state index in [1.54, 1.807) is 40.2 Å². The van der Waals surface area contributed by atoms with Crippen molar-refractivity contribution in [1.82, 2.24) is 24.4 Å². The molecular formula is C19H19N5O2S. The zero-order chi connectivity index (χ0) is 18.6. The quantitative estimate of drug-likeness (QED) is 0.693. The van der Waals surface area contributed by atoms with Crippen molar-refractivity contribution in [3.05, 3.63) is 63.9 Å². The van der Waals surface area contributed by atoms with E-state index < -0.39 is 0 Å². The second kappa shape index (κ2) is 7.79. The molecule has 0 N–H and O–H groups in total. The third-order valence-corrected chi connectivity index (χ3v) is 5.45. The van der Waals surface area contributed by atoms with Gasteiger partial charge in [-0.2, -0.15) is 0 Å². The minimum Gasteiger partial charge on any atom is -0.337 e. The van der Waals surface area contributed by atoms with Crippen LogP contribution in [0, 0.1) is 5.92 Å². The van der Waals surface area contributed by atoms with Gasteiger partial charge in [0.25, 0.3) is 11.5 Å². The molecule has 0 unspecified atom stereocenters. The maximum Gasteiger partial charge on any atom is 0.273 e. The highest BCUT2D eigenvalue weighted by molar-refractivity contribution is 7.07. The summed E-state index contributed by atoms with van der Waals surface area (Å²) in [4.78, 5) is 39.1. The van der Waals surface area contributed by atoms with Crippen molar-refractivity contribution in [2.75, 3.05) is 13.1 Å². The Morgan fingerprint density at radius 2 is 1.96 bits per heavy atom. The third kappa shape index (κ3) is 3.95. The first kappa shape index (κ1) is 17.5. The van der Waals surface area contributed by atoms with Crippen molar-refractivity contribution >= 4 is 17.2 Å². The number of piperidine rings is 1. The Kier molecular flexibility index (Phi) is 5.06. The molecule has 1 aliphatic heterocycles. The largest absolute Gasteiger partial charge is 0.337 e. The summed E-state index contributed by atoms with van der Waals surface area (Å²) in [7, 11) is 0. The first-order chi connectivity index (χ1) is 13.2. The van der Waals surface area contributed by atoms with Gasteiger partial charge in [-0.05, 0) is 30.9 Å². The van der Waals surface area contributed by atoms with Gasteiger partial charge in [0.05, 0.1) is 17.5 Å². The molecule has 3 aromatic rings. The van der Waals surface area contributed by atoms with E-state index in [0.29, 0.717) is 36.9 Å². The Hall–Kier alpha value is -2.87. The third-order valence-electron chi connectivity index (χ3n) is 4.86. The van der Waals surface area contributed by atoms with Gasteiger partial charge in [-0.25, -0.2) is 9.97 Å². The van der Waals surface area contributed by atoms with Gasteiger partial charge in [0.2, 0.25) is 0 Å². The summed E-state index contributed by atoms with van der Waals surface area (Å²) in [5, 5.41) is 1.78. The number of pyridine rings is 1. The first-order valence-electron chi connectivity index (χ1n) is 8.85. The van der Waals surface area contributed by atoms with Crippen molar-refractivity contribution < 1.29 is 4.79 Å². The van der Waals surface area contributed by atoms with Gasteiger partial charge in [-0.15, -0.1) is 11.3 Å². The van der Waals surface area contributed by atoms with Gasteiger partial charge in [0.1, 0.15) is 5.69 Å². The molecule has 27 heavy (non-hydrogen) atoms. The predicted molar refractivity (Wildman–Crippen MR) is 102 cm³/mol. The second-order valence-electron chi connectivity index (χ2n) is 6.61. The van der Waals surface area contributed by atoms with E-state index in [9.17, 15) is 9.59 Å². The number of carbonyl (C=O) groups excluding carboxylic acids is 1. The van der Waals surface area contributed by atoms with Crippen LogP contribution in [0.4, 0.5) is 0 Å². The van der Waals surface area contributed by atoms with Crippen LogP contribution in [0.1, 0.15) is 23.3 Å². The molecule has 7 nitrogen and oxygen atoms in total. The number of rotatable bonds is 4. The highest BCUT2D eigenvalue weighted by atomic mass is 32.1. The topological polar surface area (TPSA) is 81.0 Å². The van der Waals surface area contributed by atoms with Crippen LogP contribution < -0.4 is 5.56 Å². The highest BCUT2D eigenvalue weighted by Crippen LogP contribution is 2.20. The van der Waals surface area contributed by atoms with Crippen LogP contribution in [0.3, 0.4) is 0 Å². The molecule has 8 heteroatoms. The van der Waals surface area contributed by atoms with E-state index in [-0.39, 0.29) is 11.5 Å². The van der Waals surface area contributed by atoms with E-state index >= 15 is 0 Å². The number of aromatic nitrogens is 4. The number of likely N-dealkylation sites (tertiary alicyclic amines) is 1. The zero-order valence-electron chi connectivity index (χ0n) is 14.7. The molecule has 138 valence electrons.